The van der Waals surface area contributed by atoms with Crippen LogP contribution in [0.4, 0.5) is 0 Å². The number of thioether (sulfide) groups is 1. The van der Waals surface area contributed by atoms with Crippen LogP contribution in [0.2, 0.25) is 0 Å². The van der Waals surface area contributed by atoms with E-state index in [1.807, 2.05) is 23.1 Å². The first-order chi connectivity index (χ1) is 13.1. The molecular formula is C24H36O2S2. The molecule has 1 heterocycles. The summed E-state index contributed by atoms with van der Waals surface area (Å²) >= 11 is 3.66. The molecule has 156 valence electrons. The molecule has 0 unspecified atom stereocenters. The lowest BCUT2D eigenvalue weighted by molar-refractivity contribution is -0.136. The van der Waals surface area contributed by atoms with E-state index in [4.69, 9.17) is 0 Å². The van der Waals surface area contributed by atoms with Gasteiger partial charge in [0.05, 0.1) is 0 Å². The summed E-state index contributed by atoms with van der Waals surface area (Å²) < 4.78 is 0. The monoisotopic (exact) mass is 420 g/mol. The zero-order chi connectivity index (χ0) is 21.5. The minimum atomic E-state index is -0.743. The molecule has 1 aromatic rings. The van der Waals surface area contributed by atoms with Crippen molar-refractivity contribution >= 4 is 34.0 Å². The molecule has 0 bridgehead atoms. The van der Waals surface area contributed by atoms with Crippen LogP contribution < -0.4 is 0 Å². The summed E-state index contributed by atoms with van der Waals surface area (Å²) in [5.41, 5.74) is 2.43. The third-order valence-corrected chi connectivity index (χ3v) is 8.34. The highest BCUT2D eigenvalue weighted by Gasteiger charge is 2.27. The predicted molar refractivity (Wildman–Crippen MR) is 127 cm³/mol. The van der Waals surface area contributed by atoms with Crippen molar-refractivity contribution in [2.24, 2.45) is 5.92 Å². The molecule has 2 nitrogen and oxygen atoms in total. The Balaban J connectivity index is 3.50. The van der Waals surface area contributed by atoms with Crippen LogP contribution in [-0.2, 0) is 16.6 Å². The van der Waals surface area contributed by atoms with Gasteiger partial charge in [0.25, 0.3) is 0 Å². The van der Waals surface area contributed by atoms with Gasteiger partial charge in [0.1, 0.15) is 0 Å². The molecule has 1 N–H and O–H groups in total. The van der Waals surface area contributed by atoms with E-state index in [2.05, 4.69) is 79.7 Å². The summed E-state index contributed by atoms with van der Waals surface area (Å²) in [7, 11) is 0. The van der Waals surface area contributed by atoms with E-state index < -0.39 is 5.97 Å². The Bertz CT molecular complexity index is 762. The number of hydrogen-bond donors (Lipinski definition) is 1. The van der Waals surface area contributed by atoms with Crippen LogP contribution in [0.1, 0.15) is 83.5 Å². The minimum absolute atomic E-state index is 0.0564. The van der Waals surface area contributed by atoms with Crippen molar-refractivity contribution in [3.05, 3.63) is 50.1 Å². The van der Waals surface area contributed by atoms with Crippen LogP contribution in [0, 0.1) is 5.92 Å². The summed E-state index contributed by atoms with van der Waals surface area (Å²) in [5, 5.41) is 9.22. The topological polar surface area (TPSA) is 37.3 Å². The van der Waals surface area contributed by atoms with E-state index in [-0.39, 0.29) is 11.8 Å². The van der Waals surface area contributed by atoms with Crippen molar-refractivity contribution in [3.8, 4) is 0 Å². The molecule has 0 aromatic carbocycles. The van der Waals surface area contributed by atoms with Crippen molar-refractivity contribution in [1.29, 1.82) is 0 Å². The normalized spacial score (nSPS) is 14.1. The fourth-order valence-electron chi connectivity index (χ4n) is 2.93. The van der Waals surface area contributed by atoms with E-state index >= 15 is 0 Å². The zero-order valence-corrected chi connectivity index (χ0v) is 20.3. The number of aryl methyl sites for hydroxylation is 1. The molecule has 1 aromatic heterocycles. The van der Waals surface area contributed by atoms with Crippen molar-refractivity contribution < 1.29 is 9.90 Å². The number of carboxylic acids is 1. The highest BCUT2D eigenvalue weighted by Crippen LogP contribution is 2.46. The van der Waals surface area contributed by atoms with Crippen molar-refractivity contribution in [1.82, 2.24) is 0 Å². The van der Waals surface area contributed by atoms with E-state index in [1.165, 1.54) is 25.1 Å². The first-order valence-electron chi connectivity index (χ1n) is 10.1. The summed E-state index contributed by atoms with van der Waals surface area (Å²) in [6.07, 6.45) is 8.34. The smallest absolute Gasteiger partial charge is 0.303 e. The second-order valence-corrected chi connectivity index (χ2v) is 10.0. The molecule has 0 spiro atoms. The maximum absolute atomic E-state index is 11.2. The largest absolute Gasteiger partial charge is 0.481 e. The maximum Gasteiger partial charge on any atom is 0.303 e. The molecule has 0 atom stereocenters. The van der Waals surface area contributed by atoms with Crippen molar-refractivity contribution in [3.63, 3.8) is 0 Å². The zero-order valence-electron chi connectivity index (χ0n) is 18.7. The van der Waals surface area contributed by atoms with Gasteiger partial charge >= 0.3 is 5.97 Å². The van der Waals surface area contributed by atoms with Gasteiger partial charge in [-0.05, 0) is 56.1 Å². The molecule has 0 aliphatic carbocycles. The van der Waals surface area contributed by atoms with Crippen LogP contribution in [-0.4, -0.2) is 11.1 Å². The molecule has 0 aliphatic heterocycles. The van der Waals surface area contributed by atoms with Crippen LogP contribution in [0.25, 0.3) is 4.91 Å². The minimum Gasteiger partial charge on any atom is -0.481 e. The molecule has 0 aliphatic rings. The van der Waals surface area contributed by atoms with E-state index in [9.17, 15) is 9.90 Å². The third-order valence-electron chi connectivity index (χ3n) is 5.15. The first-order valence-corrected chi connectivity index (χ1v) is 11.7. The third kappa shape index (κ3) is 6.38. The standard InChI is InChI=1S/C24H36O2S2/c1-9-12-20(27-19(11-3)16(4)5)23-18(13-14-22(25)26)15-21(28-23)24(7,8)17(6)10-2/h10-12,15-16H,9,13-14H2,1-8H3,(H,25,26)/b17-10+,19-11-,20-12-. The number of carbonyl (C=O) groups is 1. The van der Waals surface area contributed by atoms with Gasteiger partial charge in [-0.3, -0.25) is 4.79 Å². The molecule has 4 heteroatoms. The van der Waals surface area contributed by atoms with Gasteiger partial charge in [-0.25, -0.2) is 0 Å². The van der Waals surface area contributed by atoms with Crippen LogP contribution in [0.3, 0.4) is 0 Å². The van der Waals surface area contributed by atoms with E-state index in [1.54, 1.807) is 0 Å². The molecule has 28 heavy (non-hydrogen) atoms. The molecule has 0 radical (unpaired) electrons. The van der Waals surface area contributed by atoms with Gasteiger partial charge in [0.15, 0.2) is 0 Å². The van der Waals surface area contributed by atoms with E-state index in [0.29, 0.717) is 12.3 Å². The second kappa shape index (κ2) is 11.1. The van der Waals surface area contributed by atoms with Crippen molar-refractivity contribution in [2.45, 2.75) is 80.1 Å². The van der Waals surface area contributed by atoms with E-state index in [0.717, 1.165) is 12.0 Å². The van der Waals surface area contributed by atoms with Crippen LogP contribution in [0.5, 0.6) is 0 Å². The highest BCUT2D eigenvalue weighted by atomic mass is 32.2. The fraction of sp³-hybridized carbons (Fsp3) is 0.542. The quantitative estimate of drug-likeness (QED) is 0.389. The second-order valence-electron chi connectivity index (χ2n) is 7.88. The highest BCUT2D eigenvalue weighted by molar-refractivity contribution is 8.12. The Morgan fingerprint density at radius 2 is 1.93 bits per heavy atom. The Kier molecular flexibility index (Phi) is 9.79. The van der Waals surface area contributed by atoms with Crippen molar-refractivity contribution in [2.75, 3.05) is 0 Å². The summed E-state index contributed by atoms with van der Waals surface area (Å²) in [6, 6.07) is 2.24. The predicted octanol–water partition coefficient (Wildman–Crippen LogP) is 8.05. The molecule has 0 amide bonds. The SMILES string of the molecule is C/C=C(\S/C(=C\CC)c1sc(C(C)(C)/C(C)=C/C)cc1CCC(=O)O)C(C)C. The Labute approximate surface area is 179 Å². The average molecular weight is 421 g/mol. The molecule has 0 saturated heterocycles. The number of rotatable bonds is 10. The lowest BCUT2D eigenvalue weighted by atomic mass is 9.83. The van der Waals surface area contributed by atoms with Crippen LogP contribution in [0.15, 0.2) is 34.8 Å². The molecule has 0 fully saturated rings. The number of allylic oxidation sites excluding steroid dienone is 5. The molecule has 1 rings (SSSR count). The lowest BCUT2D eigenvalue weighted by Crippen LogP contribution is -2.16. The fourth-order valence-corrected chi connectivity index (χ4v) is 5.58. The van der Waals surface area contributed by atoms with Gasteiger partial charge in [0.2, 0.25) is 0 Å². The Hall–Kier alpha value is -1.26. The maximum atomic E-state index is 11.2. The first kappa shape index (κ1) is 24.8. The van der Waals surface area contributed by atoms with Gasteiger partial charge < -0.3 is 5.11 Å². The number of thiophene rings is 1. The summed E-state index contributed by atoms with van der Waals surface area (Å²) in [6.45, 7) is 17.4. The summed E-state index contributed by atoms with van der Waals surface area (Å²) in [4.78, 5) is 16.4. The number of hydrogen-bond acceptors (Lipinski definition) is 3. The lowest BCUT2D eigenvalue weighted by Gasteiger charge is -2.24. The van der Waals surface area contributed by atoms with Gasteiger partial charge in [-0.15, -0.1) is 11.3 Å². The van der Waals surface area contributed by atoms with Gasteiger partial charge in [0, 0.05) is 26.5 Å². The number of carboxylic acid groups (broad SMARTS) is 1. The average Bonchev–Trinajstić information content (AvgIpc) is 3.07. The van der Waals surface area contributed by atoms with Gasteiger partial charge in [-0.1, -0.05) is 70.2 Å². The van der Waals surface area contributed by atoms with Gasteiger partial charge in [-0.2, -0.15) is 0 Å². The van der Waals surface area contributed by atoms with Crippen LogP contribution >= 0.6 is 23.1 Å². The number of aliphatic carboxylic acids is 1. The Morgan fingerprint density at radius 1 is 1.29 bits per heavy atom. The molecule has 0 saturated carbocycles. The Morgan fingerprint density at radius 3 is 2.39 bits per heavy atom. The molecular weight excluding hydrogens is 384 g/mol. The summed E-state index contributed by atoms with van der Waals surface area (Å²) in [5.74, 6) is -0.272.